The van der Waals surface area contributed by atoms with Crippen LogP contribution in [0, 0.1) is 0 Å². The smallest absolute Gasteiger partial charge is 0.186 e. The summed E-state index contributed by atoms with van der Waals surface area (Å²) >= 11 is 0. The highest BCUT2D eigenvalue weighted by molar-refractivity contribution is 6.05. The van der Waals surface area contributed by atoms with Crippen LogP contribution in [0.1, 0.15) is 48.0 Å². The number of hydrogen-bond acceptors (Lipinski definition) is 2. The number of rotatable bonds is 10. The molecular formula is C25H30N2O. The number of carbonyl (C=O) groups excluding carboxylic acids is 1. The van der Waals surface area contributed by atoms with Crippen LogP contribution < -0.4 is 5.32 Å². The highest BCUT2D eigenvalue weighted by atomic mass is 16.1. The number of benzene rings is 1. The summed E-state index contributed by atoms with van der Waals surface area (Å²) in [5.41, 5.74) is 4.44. The van der Waals surface area contributed by atoms with Crippen LogP contribution in [-0.2, 0) is 6.42 Å². The molecule has 0 saturated heterocycles. The average Bonchev–Trinajstić information content (AvgIpc) is 3.13. The molecule has 1 aromatic carbocycles. The fourth-order valence-electron chi connectivity index (χ4n) is 3.27. The third kappa shape index (κ3) is 5.30. The molecule has 1 aromatic heterocycles. The van der Waals surface area contributed by atoms with Crippen molar-refractivity contribution in [3.8, 4) is 0 Å². The quantitative estimate of drug-likeness (QED) is 0.420. The van der Waals surface area contributed by atoms with Crippen molar-refractivity contribution in [1.29, 1.82) is 0 Å². The largest absolute Gasteiger partial charge is 0.360 e. The Hall–Kier alpha value is -2.91. The van der Waals surface area contributed by atoms with Crippen LogP contribution >= 0.6 is 0 Å². The number of aromatic amines is 1. The molecule has 0 radical (unpaired) electrons. The van der Waals surface area contributed by atoms with Gasteiger partial charge in [0.05, 0.1) is 6.04 Å². The van der Waals surface area contributed by atoms with Gasteiger partial charge in [-0.3, -0.25) is 4.79 Å². The van der Waals surface area contributed by atoms with Gasteiger partial charge >= 0.3 is 0 Å². The third-order valence-electron chi connectivity index (χ3n) is 4.73. The molecule has 146 valence electrons. The van der Waals surface area contributed by atoms with Crippen molar-refractivity contribution in [2.24, 2.45) is 0 Å². The lowest BCUT2D eigenvalue weighted by Gasteiger charge is -2.23. The maximum Gasteiger partial charge on any atom is 0.186 e. The molecule has 0 aliphatic rings. The topological polar surface area (TPSA) is 44.9 Å². The lowest BCUT2D eigenvalue weighted by atomic mass is 9.94. The average molecular weight is 375 g/mol. The number of Topliss-reactive ketones (excluding diaryl/α,β-unsaturated/α-hetero) is 1. The number of ketones is 1. The molecule has 3 nitrogen and oxygen atoms in total. The number of allylic oxidation sites excluding steroid dienone is 3. The molecule has 0 fully saturated rings. The normalized spacial score (nSPS) is 14.0. The van der Waals surface area contributed by atoms with Gasteiger partial charge < -0.3 is 10.3 Å². The summed E-state index contributed by atoms with van der Waals surface area (Å²) in [5, 5.41) is 3.53. The molecule has 0 aliphatic carbocycles. The van der Waals surface area contributed by atoms with Crippen LogP contribution in [0.4, 0.5) is 0 Å². The highest BCUT2D eigenvalue weighted by Crippen LogP contribution is 2.21. The zero-order valence-electron chi connectivity index (χ0n) is 17.0. The zero-order chi connectivity index (χ0) is 20.5. The van der Waals surface area contributed by atoms with E-state index in [1.54, 1.807) is 18.3 Å². The van der Waals surface area contributed by atoms with Gasteiger partial charge in [-0.2, -0.15) is 0 Å². The molecule has 1 heterocycles. The molecule has 3 heteroatoms. The monoisotopic (exact) mass is 374 g/mol. The van der Waals surface area contributed by atoms with Crippen molar-refractivity contribution >= 4 is 17.9 Å². The van der Waals surface area contributed by atoms with Crippen LogP contribution in [0.2, 0.25) is 0 Å². The van der Waals surface area contributed by atoms with Crippen molar-refractivity contribution in [2.75, 3.05) is 0 Å². The molecular weight excluding hydrogens is 344 g/mol. The van der Waals surface area contributed by atoms with E-state index in [9.17, 15) is 4.79 Å². The van der Waals surface area contributed by atoms with E-state index in [4.69, 9.17) is 0 Å². The molecule has 0 aliphatic heterocycles. The first-order chi connectivity index (χ1) is 13.5. The Balaban J connectivity index is 2.31. The molecule has 2 aromatic rings. The molecule has 0 saturated carbocycles. The highest BCUT2D eigenvalue weighted by Gasteiger charge is 2.26. The van der Waals surface area contributed by atoms with Gasteiger partial charge in [-0.25, -0.2) is 0 Å². The van der Waals surface area contributed by atoms with E-state index in [1.165, 1.54) is 5.56 Å². The Morgan fingerprint density at radius 2 is 1.93 bits per heavy atom. The summed E-state index contributed by atoms with van der Waals surface area (Å²) in [4.78, 5) is 16.5. The first-order valence-electron chi connectivity index (χ1n) is 9.61. The van der Waals surface area contributed by atoms with Gasteiger partial charge in [0.2, 0.25) is 0 Å². The van der Waals surface area contributed by atoms with Crippen LogP contribution in [0.3, 0.4) is 0 Å². The van der Waals surface area contributed by atoms with E-state index in [0.717, 1.165) is 23.3 Å². The first kappa shape index (κ1) is 21.4. The third-order valence-corrected chi connectivity index (χ3v) is 4.73. The summed E-state index contributed by atoms with van der Waals surface area (Å²) in [6, 6.07) is 10.0. The van der Waals surface area contributed by atoms with Gasteiger partial charge in [0.15, 0.2) is 5.78 Å². The molecule has 2 atom stereocenters. The molecule has 2 rings (SSSR count). The van der Waals surface area contributed by atoms with Crippen LogP contribution in [0.5, 0.6) is 0 Å². The lowest BCUT2D eigenvalue weighted by Crippen LogP contribution is -2.44. The van der Waals surface area contributed by atoms with Crippen molar-refractivity contribution in [1.82, 2.24) is 10.3 Å². The lowest BCUT2D eigenvalue weighted by molar-refractivity contribution is 0.0953. The predicted molar refractivity (Wildman–Crippen MR) is 120 cm³/mol. The molecule has 0 bridgehead atoms. The fraction of sp³-hybridized carbons (Fsp3) is 0.240. The van der Waals surface area contributed by atoms with Crippen molar-refractivity contribution in [2.45, 2.75) is 39.3 Å². The Morgan fingerprint density at radius 3 is 2.54 bits per heavy atom. The molecule has 0 amide bonds. The number of nitrogens with one attached hydrogen (secondary N) is 2. The van der Waals surface area contributed by atoms with E-state index in [0.29, 0.717) is 5.56 Å². The summed E-state index contributed by atoms with van der Waals surface area (Å²) in [7, 11) is 0. The minimum Gasteiger partial charge on any atom is -0.360 e. The molecule has 28 heavy (non-hydrogen) atoms. The fourth-order valence-corrected chi connectivity index (χ4v) is 3.27. The Kier molecular flexibility index (Phi) is 7.97. The van der Waals surface area contributed by atoms with Gasteiger partial charge in [0, 0.05) is 29.1 Å². The second-order valence-electron chi connectivity index (χ2n) is 6.93. The SMILES string of the molecule is C=Cc1[nH]cc(C(=O)[C@H](NC(C)Cc2ccccc2)/C(C)=C/C=C\C)c1C=C. The van der Waals surface area contributed by atoms with Crippen molar-refractivity contribution < 1.29 is 4.79 Å². The number of aromatic nitrogens is 1. The minimum absolute atomic E-state index is 0.0254. The summed E-state index contributed by atoms with van der Waals surface area (Å²) < 4.78 is 0. The molecule has 2 N–H and O–H groups in total. The van der Waals surface area contributed by atoms with Crippen molar-refractivity contribution in [3.05, 3.63) is 95.9 Å². The Labute approximate surface area is 168 Å². The van der Waals surface area contributed by atoms with E-state index in [-0.39, 0.29) is 11.8 Å². The van der Waals surface area contributed by atoms with E-state index in [1.807, 2.05) is 50.3 Å². The Bertz CT molecular complexity index is 871. The van der Waals surface area contributed by atoms with Gasteiger partial charge in [0.1, 0.15) is 0 Å². The zero-order valence-corrected chi connectivity index (χ0v) is 17.0. The van der Waals surface area contributed by atoms with Crippen LogP contribution in [-0.4, -0.2) is 22.9 Å². The van der Waals surface area contributed by atoms with E-state index < -0.39 is 6.04 Å². The molecule has 0 spiro atoms. The van der Waals surface area contributed by atoms with E-state index >= 15 is 0 Å². The maximum atomic E-state index is 13.4. The number of H-pyrrole nitrogens is 1. The Morgan fingerprint density at radius 1 is 1.21 bits per heavy atom. The molecule has 1 unspecified atom stereocenters. The summed E-state index contributed by atoms with van der Waals surface area (Å²) in [6.45, 7) is 13.7. The summed E-state index contributed by atoms with van der Waals surface area (Å²) in [5.74, 6) is 0.0254. The van der Waals surface area contributed by atoms with Crippen molar-refractivity contribution in [3.63, 3.8) is 0 Å². The standard InChI is InChI=1S/C25H30N2O/c1-6-9-13-18(4)24(27-19(5)16-20-14-11-10-12-15-20)25(28)22-17-26-23(8-3)21(22)7-2/h6-15,17,19,24,26-27H,2-3,16H2,1,4-5H3/b9-6-,18-13+/t19?,24-/m1/s1. The van der Waals surface area contributed by atoms with Crippen LogP contribution in [0.25, 0.3) is 12.2 Å². The summed E-state index contributed by atoms with van der Waals surface area (Å²) in [6.07, 6.45) is 11.9. The van der Waals surface area contributed by atoms with Gasteiger partial charge in [-0.1, -0.05) is 67.8 Å². The first-order valence-corrected chi connectivity index (χ1v) is 9.61. The van der Waals surface area contributed by atoms with E-state index in [2.05, 4.69) is 42.5 Å². The second-order valence-corrected chi connectivity index (χ2v) is 6.93. The van der Waals surface area contributed by atoms with Crippen LogP contribution in [0.15, 0.2) is 73.5 Å². The second kappa shape index (κ2) is 10.4. The van der Waals surface area contributed by atoms with Gasteiger partial charge in [0.25, 0.3) is 0 Å². The number of hydrogen-bond donors (Lipinski definition) is 2. The number of carbonyl (C=O) groups is 1. The van der Waals surface area contributed by atoms with Gasteiger partial charge in [-0.15, -0.1) is 0 Å². The minimum atomic E-state index is -0.415. The maximum absolute atomic E-state index is 13.4. The predicted octanol–water partition coefficient (Wildman–Crippen LogP) is 5.60. The van der Waals surface area contributed by atoms with Gasteiger partial charge in [-0.05, 0) is 44.4 Å².